The second-order valence-electron chi connectivity index (χ2n) is 0.638. The van der Waals surface area contributed by atoms with Gasteiger partial charge in [0.25, 0.3) is 0 Å². The number of carboxylic acid groups (broad SMARTS) is 2. The standard InChI is InChI=1S/2CH3NO2.CH5N.H3N/c2*2-1(3)4;1-2;/h2*2H2,(H,3,4);2H2,1H3;1H3. The molecule has 8 nitrogen and oxygen atoms in total. The molecule has 0 saturated carbocycles. The number of amides is 2. The van der Waals surface area contributed by atoms with Crippen molar-refractivity contribution in [2.45, 2.75) is 0 Å². The number of primary amides is 2. The van der Waals surface area contributed by atoms with Crippen LogP contribution in [0.25, 0.3) is 0 Å². The zero-order valence-corrected chi connectivity index (χ0v) is 6.49. The molecule has 0 aromatic carbocycles. The zero-order valence-electron chi connectivity index (χ0n) is 6.49. The molecular weight excluding hydrogens is 156 g/mol. The van der Waals surface area contributed by atoms with Crippen LogP contribution in [0.4, 0.5) is 9.59 Å². The molecule has 0 bridgehead atoms. The number of carbonyl (C=O) groups excluding carboxylic acids is 2. The number of nitrogens with two attached hydrogens (primary N) is 2. The van der Waals surface area contributed by atoms with Crippen LogP contribution in [0, 0.1) is 0 Å². The summed E-state index contributed by atoms with van der Waals surface area (Å²) in [6.45, 7) is 0. The average molecular weight is 170 g/mol. The lowest BCUT2D eigenvalue weighted by Gasteiger charge is -1.78. The second kappa shape index (κ2) is 23.7. The summed E-state index contributed by atoms with van der Waals surface area (Å²) in [6, 6.07) is 0. The Labute approximate surface area is 63.5 Å². The van der Waals surface area contributed by atoms with Crippen LogP contribution in [0.5, 0.6) is 0 Å². The van der Waals surface area contributed by atoms with Gasteiger partial charge in [-0.15, -0.1) is 0 Å². The lowest BCUT2D eigenvalue weighted by atomic mass is 11.3. The molecule has 0 saturated heterocycles. The van der Waals surface area contributed by atoms with Gasteiger partial charge in [-0.25, -0.2) is 0 Å². The Balaban J connectivity index is -0.0000000339. The van der Waals surface area contributed by atoms with E-state index in [1.165, 1.54) is 0 Å². The molecular formula is C3H14N4O4. The molecule has 70 valence electrons. The van der Waals surface area contributed by atoms with Crippen molar-refractivity contribution in [2.75, 3.05) is 7.05 Å². The first-order valence-corrected chi connectivity index (χ1v) is 2.10. The molecule has 0 aliphatic heterocycles. The van der Waals surface area contributed by atoms with Crippen molar-refractivity contribution in [3.05, 3.63) is 0 Å². The van der Waals surface area contributed by atoms with Crippen LogP contribution in [-0.2, 0) is 0 Å². The van der Waals surface area contributed by atoms with Crippen LogP contribution in [0.1, 0.15) is 0 Å². The van der Waals surface area contributed by atoms with Gasteiger partial charge < -0.3 is 43.2 Å². The highest BCUT2D eigenvalue weighted by Crippen LogP contribution is 1.23. The number of hydrogen-bond donors (Lipinski definition) is 4. The maximum absolute atomic E-state index is 8.67. The van der Waals surface area contributed by atoms with E-state index in [1.807, 2.05) is 0 Å². The SMILES string of the molecule is C[NH3+].NC(=O)[O-].NC(=O)[O-].[NH4+]. The average Bonchev–Trinajstić information content (AvgIpc) is 1.66. The molecule has 11 heavy (non-hydrogen) atoms. The van der Waals surface area contributed by atoms with E-state index in [4.69, 9.17) is 19.8 Å². The summed E-state index contributed by atoms with van der Waals surface area (Å²) >= 11 is 0. The summed E-state index contributed by atoms with van der Waals surface area (Å²) in [5, 5.41) is 17.3. The lowest BCUT2D eigenvalue weighted by molar-refractivity contribution is -0.325. The van der Waals surface area contributed by atoms with Crippen molar-refractivity contribution in [1.82, 2.24) is 6.15 Å². The third-order valence-corrected chi connectivity index (χ3v) is 0. The molecule has 0 aliphatic rings. The Morgan fingerprint density at radius 3 is 1.09 bits per heavy atom. The Morgan fingerprint density at radius 1 is 1.09 bits per heavy atom. The summed E-state index contributed by atoms with van der Waals surface area (Å²) < 4.78 is 0. The van der Waals surface area contributed by atoms with Gasteiger partial charge in [0.05, 0.1) is 7.05 Å². The summed E-state index contributed by atoms with van der Waals surface area (Å²) in [4.78, 5) is 17.3. The van der Waals surface area contributed by atoms with Gasteiger partial charge in [-0.2, -0.15) is 0 Å². The van der Waals surface area contributed by atoms with Crippen molar-refractivity contribution in [3.63, 3.8) is 0 Å². The van der Waals surface area contributed by atoms with Gasteiger partial charge in [-0.05, 0) is 0 Å². The van der Waals surface area contributed by atoms with Gasteiger partial charge in [0.15, 0.2) is 0 Å². The Hall–Kier alpha value is -1.54. The number of rotatable bonds is 0. The minimum absolute atomic E-state index is 0. The number of carbonyl (C=O) groups is 2. The normalized spacial score (nSPS) is 4.91. The molecule has 0 aromatic rings. The molecule has 0 heterocycles. The van der Waals surface area contributed by atoms with Crippen LogP contribution in [0.2, 0.25) is 0 Å². The van der Waals surface area contributed by atoms with Crippen LogP contribution in [-0.4, -0.2) is 19.2 Å². The molecule has 0 fully saturated rings. The van der Waals surface area contributed by atoms with Crippen molar-refractivity contribution >= 4 is 12.2 Å². The largest absolute Gasteiger partial charge is 0.530 e. The predicted molar refractivity (Wildman–Crippen MR) is 34.0 cm³/mol. The molecule has 0 unspecified atom stereocenters. The molecule has 0 aliphatic carbocycles. The molecule has 2 amide bonds. The third kappa shape index (κ3) is 149. The first kappa shape index (κ1) is 22.7. The van der Waals surface area contributed by atoms with Crippen LogP contribution in [0.15, 0.2) is 0 Å². The van der Waals surface area contributed by atoms with Gasteiger partial charge in [0.2, 0.25) is 0 Å². The topological polar surface area (TPSA) is 196 Å². The molecule has 11 N–H and O–H groups in total. The second-order valence-corrected chi connectivity index (χ2v) is 0.638. The molecule has 0 spiro atoms. The van der Waals surface area contributed by atoms with E-state index in [9.17, 15) is 0 Å². The molecule has 0 rings (SSSR count). The third-order valence-electron chi connectivity index (χ3n) is 0. The minimum atomic E-state index is -1.58. The highest BCUT2D eigenvalue weighted by atomic mass is 16.4. The van der Waals surface area contributed by atoms with E-state index >= 15 is 0 Å². The maximum Gasteiger partial charge on any atom is 0.131 e. The maximum atomic E-state index is 8.67. The van der Waals surface area contributed by atoms with Gasteiger partial charge in [0.1, 0.15) is 12.2 Å². The summed E-state index contributed by atoms with van der Waals surface area (Å²) in [7, 11) is 1.75. The van der Waals surface area contributed by atoms with Crippen molar-refractivity contribution in [2.24, 2.45) is 11.5 Å². The van der Waals surface area contributed by atoms with Crippen LogP contribution in [0.3, 0.4) is 0 Å². The minimum Gasteiger partial charge on any atom is -0.530 e. The van der Waals surface area contributed by atoms with E-state index < -0.39 is 12.2 Å². The quantitative estimate of drug-likeness (QED) is 0.286. The summed E-state index contributed by atoms with van der Waals surface area (Å²) in [6.07, 6.45) is -3.17. The lowest BCUT2D eigenvalue weighted by Crippen LogP contribution is -2.40. The fraction of sp³-hybridized carbons (Fsp3) is 0.333. The summed E-state index contributed by atoms with van der Waals surface area (Å²) in [5.74, 6) is 0. The Morgan fingerprint density at radius 2 is 1.09 bits per heavy atom. The van der Waals surface area contributed by atoms with Crippen molar-refractivity contribution in [3.8, 4) is 0 Å². The molecule has 0 atom stereocenters. The van der Waals surface area contributed by atoms with Gasteiger partial charge in [0, 0.05) is 0 Å². The number of hydrogen-bond acceptors (Lipinski definition) is 4. The fourth-order valence-electron chi connectivity index (χ4n) is 0. The zero-order chi connectivity index (χ0) is 9.15. The van der Waals surface area contributed by atoms with E-state index in [2.05, 4.69) is 17.2 Å². The van der Waals surface area contributed by atoms with Gasteiger partial charge in [-0.1, -0.05) is 0 Å². The van der Waals surface area contributed by atoms with Crippen molar-refractivity contribution in [1.29, 1.82) is 0 Å². The molecule has 0 aromatic heterocycles. The van der Waals surface area contributed by atoms with Gasteiger partial charge >= 0.3 is 0 Å². The Kier molecular flexibility index (Phi) is 48.9. The van der Waals surface area contributed by atoms with Crippen LogP contribution < -0.4 is 33.6 Å². The van der Waals surface area contributed by atoms with Gasteiger partial charge in [-0.3, -0.25) is 0 Å². The first-order valence-electron chi connectivity index (χ1n) is 2.10. The summed E-state index contributed by atoms with van der Waals surface area (Å²) in [5.41, 5.74) is 11.1. The van der Waals surface area contributed by atoms with E-state index in [0.29, 0.717) is 0 Å². The monoisotopic (exact) mass is 170 g/mol. The van der Waals surface area contributed by atoms with Crippen LogP contribution >= 0.6 is 0 Å². The molecule has 8 heteroatoms. The Bertz CT molecular complexity index is 75.3. The fourth-order valence-corrected chi connectivity index (χ4v) is 0. The first-order chi connectivity index (χ1) is 4.46. The highest BCUT2D eigenvalue weighted by molar-refractivity contribution is 5.59. The van der Waals surface area contributed by atoms with Crippen molar-refractivity contribution < 1.29 is 25.5 Å². The van der Waals surface area contributed by atoms with E-state index in [1.54, 1.807) is 7.05 Å². The molecule has 0 radical (unpaired) electrons. The number of quaternary nitrogens is 2. The van der Waals surface area contributed by atoms with E-state index in [-0.39, 0.29) is 6.15 Å². The predicted octanol–water partition coefficient (Wildman–Crippen LogP) is -4.19. The van der Waals surface area contributed by atoms with E-state index in [0.717, 1.165) is 0 Å². The smallest absolute Gasteiger partial charge is 0.131 e. The highest BCUT2D eigenvalue weighted by Gasteiger charge is 1.44.